The van der Waals surface area contributed by atoms with Crippen LogP contribution in [0.3, 0.4) is 0 Å². The fourth-order valence-electron chi connectivity index (χ4n) is 2.96. The van der Waals surface area contributed by atoms with Crippen molar-refractivity contribution in [3.05, 3.63) is 35.9 Å². The molecule has 0 radical (unpaired) electrons. The second kappa shape index (κ2) is 7.90. The first-order valence-electron chi connectivity index (χ1n) is 8.12. The summed E-state index contributed by atoms with van der Waals surface area (Å²) in [5.74, 6) is -2.41. The fraction of sp³-hybridized carbons (Fsp3) is 0.389. The smallest absolute Gasteiger partial charge is 0.330 e. The number of anilines is 1. The van der Waals surface area contributed by atoms with E-state index in [2.05, 4.69) is 5.32 Å². The van der Waals surface area contributed by atoms with Crippen molar-refractivity contribution in [2.75, 3.05) is 25.6 Å². The van der Waals surface area contributed by atoms with Crippen molar-refractivity contribution in [1.82, 2.24) is 0 Å². The van der Waals surface area contributed by atoms with Gasteiger partial charge >= 0.3 is 17.9 Å². The third kappa shape index (κ3) is 3.22. The van der Waals surface area contributed by atoms with E-state index < -0.39 is 29.4 Å². The van der Waals surface area contributed by atoms with E-state index in [0.29, 0.717) is 17.0 Å². The minimum absolute atomic E-state index is 0.0503. The summed E-state index contributed by atoms with van der Waals surface area (Å²) in [7, 11) is 1.46. The Morgan fingerprint density at radius 1 is 1.19 bits per heavy atom. The molecule has 0 saturated heterocycles. The van der Waals surface area contributed by atoms with Crippen LogP contribution in [-0.4, -0.2) is 49.4 Å². The Morgan fingerprint density at radius 3 is 2.31 bits per heavy atom. The van der Waals surface area contributed by atoms with Crippen LogP contribution in [0.2, 0.25) is 0 Å². The third-order valence-corrected chi connectivity index (χ3v) is 4.06. The molecule has 0 aliphatic carbocycles. The largest absolute Gasteiger partial charge is 0.497 e. The fourth-order valence-corrected chi connectivity index (χ4v) is 2.96. The molecule has 1 aliphatic rings. The van der Waals surface area contributed by atoms with Gasteiger partial charge in [-0.05, 0) is 32.0 Å². The van der Waals surface area contributed by atoms with Gasteiger partial charge in [0.1, 0.15) is 5.75 Å². The molecule has 2 N–H and O–H groups in total. The van der Waals surface area contributed by atoms with Gasteiger partial charge in [0.05, 0.1) is 26.4 Å². The monoisotopic (exact) mass is 363 g/mol. The van der Waals surface area contributed by atoms with E-state index in [-0.39, 0.29) is 13.2 Å². The Morgan fingerprint density at radius 2 is 1.81 bits per heavy atom. The molecule has 1 aromatic carbocycles. The SMILES string of the molecule is CCOC(=O)C1(C(=O)OCC)c2cc(OC)ccc2NC1/C=C/C(=O)O. The molecule has 26 heavy (non-hydrogen) atoms. The second-order valence-corrected chi connectivity index (χ2v) is 5.48. The molecular formula is C18H21NO7. The topological polar surface area (TPSA) is 111 Å². The predicted molar refractivity (Wildman–Crippen MR) is 92.1 cm³/mol. The average Bonchev–Trinajstić information content (AvgIpc) is 2.94. The molecule has 0 aromatic heterocycles. The van der Waals surface area contributed by atoms with Crippen LogP contribution >= 0.6 is 0 Å². The van der Waals surface area contributed by atoms with Crippen LogP contribution in [0, 0.1) is 0 Å². The van der Waals surface area contributed by atoms with Gasteiger partial charge in [-0.3, -0.25) is 9.59 Å². The number of methoxy groups -OCH3 is 1. The Kier molecular flexibility index (Phi) is 5.86. The van der Waals surface area contributed by atoms with Crippen LogP contribution in [0.1, 0.15) is 19.4 Å². The lowest BCUT2D eigenvalue weighted by atomic mass is 9.76. The molecule has 8 heteroatoms. The van der Waals surface area contributed by atoms with Crippen molar-refractivity contribution in [3.63, 3.8) is 0 Å². The van der Waals surface area contributed by atoms with Crippen molar-refractivity contribution in [2.24, 2.45) is 0 Å². The molecule has 140 valence electrons. The Hall–Kier alpha value is -3.03. The Labute approximate surface area is 150 Å². The first kappa shape index (κ1) is 19.3. The van der Waals surface area contributed by atoms with Crippen molar-refractivity contribution in [1.29, 1.82) is 0 Å². The zero-order chi connectivity index (χ0) is 19.3. The van der Waals surface area contributed by atoms with Crippen molar-refractivity contribution in [3.8, 4) is 5.75 Å². The molecule has 2 rings (SSSR count). The van der Waals surface area contributed by atoms with Crippen LogP contribution in [0.25, 0.3) is 0 Å². The van der Waals surface area contributed by atoms with E-state index in [1.165, 1.54) is 13.2 Å². The van der Waals surface area contributed by atoms with Crippen LogP contribution in [0.4, 0.5) is 5.69 Å². The lowest BCUT2D eigenvalue weighted by Crippen LogP contribution is -2.53. The number of benzene rings is 1. The normalized spacial score (nSPS) is 17.3. The molecule has 1 aromatic rings. The summed E-state index contributed by atoms with van der Waals surface area (Å²) in [6.07, 6.45) is 2.11. The van der Waals surface area contributed by atoms with Crippen LogP contribution < -0.4 is 10.1 Å². The van der Waals surface area contributed by atoms with Gasteiger partial charge in [-0.15, -0.1) is 0 Å². The maximum absolute atomic E-state index is 12.9. The standard InChI is InChI=1S/C18H21NO7/c1-4-25-16(22)18(17(23)26-5-2)12-10-11(24-3)6-7-13(12)19-14(18)8-9-15(20)21/h6-10,14,19H,4-5H2,1-3H3,(H,20,21)/b9-8+. The first-order chi connectivity index (χ1) is 12.4. The van der Waals surface area contributed by atoms with Gasteiger partial charge in [-0.2, -0.15) is 0 Å². The number of fused-ring (bicyclic) bond motifs is 1. The van der Waals surface area contributed by atoms with Gasteiger partial charge in [0.25, 0.3) is 0 Å². The quantitative estimate of drug-likeness (QED) is 0.426. The van der Waals surface area contributed by atoms with Crippen LogP contribution in [0.15, 0.2) is 30.4 Å². The molecular weight excluding hydrogens is 342 g/mol. The maximum atomic E-state index is 12.9. The molecule has 0 amide bonds. The van der Waals surface area contributed by atoms with Gasteiger partial charge in [0.2, 0.25) is 5.41 Å². The number of hydrogen-bond acceptors (Lipinski definition) is 7. The Bertz CT molecular complexity index is 723. The average molecular weight is 363 g/mol. The number of hydrogen-bond donors (Lipinski definition) is 2. The first-order valence-corrected chi connectivity index (χ1v) is 8.12. The molecule has 1 unspecified atom stereocenters. The summed E-state index contributed by atoms with van der Waals surface area (Å²) < 4.78 is 15.5. The summed E-state index contributed by atoms with van der Waals surface area (Å²) in [6, 6.07) is 3.87. The lowest BCUT2D eigenvalue weighted by Gasteiger charge is -2.29. The van der Waals surface area contributed by atoms with E-state index >= 15 is 0 Å². The summed E-state index contributed by atoms with van der Waals surface area (Å²) in [5, 5.41) is 12.0. The minimum atomic E-state index is -1.87. The van der Waals surface area contributed by atoms with Gasteiger partial charge < -0.3 is 24.6 Å². The summed E-state index contributed by atoms with van der Waals surface area (Å²) in [4.78, 5) is 36.8. The Balaban J connectivity index is 2.71. The van der Waals surface area contributed by atoms with Crippen LogP contribution in [-0.2, 0) is 29.3 Å². The molecule has 1 heterocycles. The highest BCUT2D eigenvalue weighted by molar-refractivity contribution is 6.11. The zero-order valence-electron chi connectivity index (χ0n) is 14.8. The van der Waals surface area contributed by atoms with Gasteiger partial charge in [0, 0.05) is 17.3 Å². The summed E-state index contributed by atoms with van der Waals surface area (Å²) >= 11 is 0. The number of carboxylic acids is 1. The van der Waals surface area contributed by atoms with Crippen molar-refractivity contribution >= 4 is 23.6 Å². The highest BCUT2D eigenvalue weighted by atomic mass is 16.6. The second-order valence-electron chi connectivity index (χ2n) is 5.48. The molecule has 1 atom stereocenters. The number of rotatable bonds is 7. The number of esters is 2. The van der Waals surface area contributed by atoms with E-state index in [9.17, 15) is 14.4 Å². The predicted octanol–water partition coefficient (Wildman–Crippen LogP) is 1.49. The maximum Gasteiger partial charge on any atom is 0.330 e. The number of ether oxygens (including phenoxy) is 3. The molecule has 0 fully saturated rings. The molecule has 1 aliphatic heterocycles. The van der Waals surface area contributed by atoms with E-state index in [4.69, 9.17) is 19.3 Å². The number of carboxylic acid groups (broad SMARTS) is 1. The third-order valence-electron chi connectivity index (χ3n) is 4.06. The number of carbonyl (C=O) groups excluding carboxylic acids is 2. The summed E-state index contributed by atoms with van der Waals surface area (Å²) in [5.41, 5.74) is -1.07. The lowest BCUT2D eigenvalue weighted by molar-refractivity contribution is -0.164. The highest BCUT2D eigenvalue weighted by Crippen LogP contribution is 2.45. The minimum Gasteiger partial charge on any atom is -0.497 e. The molecule has 0 bridgehead atoms. The van der Waals surface area contributed by atoms with Crippen molar-refractivity contribution in [2.45, 2.75) is 25.3 Å². The molecule has 0 spiro atoms. The number of nitrogens with one attached hydrogen (secondary N) is 1. The van der Waals surface area contributed by atoms with E-state index in [1.807, 2.05) is 0 Å². The van der Waals surface area contributed by atoms with Crippen molar-refractivity contribution < 1.29 is 33.7 Å². The van der Waals surface area contributed by atoms with Crippen LogP contribution in [0.5, 0.6) is 5.75 Å². The number of carbonyl (C=O) groups is 3. The summed E-state index contributed by atoms with van der Waals surface area (Å²) in [6.45, 7) is 3.34. The van der Waals surface area contributed by atoms with E-state index in [0.717, 1.165) is 6.08 Å². The molecule has 0 saturated carbocycles. The zero-order valence-corrected chi connectivity index (χ0v) is 14.8. The van der Waals surface area contributed by atoms with Gasteiger partial charge in [-0.25, -0.2) is 4.79 Å². The van der Waals surface area contributed by atoms with Gasteiger partial charge in [-0.1, -0.05) is 6.08 Å². The van der Waals surface area contributed by atoms with E-state index in [1.54, 1.807) is 32.0 Å². The number of aliphatic carboxylic acids is 1. The van der Waals surface area contributed by atoms with Gasteiger partial charge in [0.15, 0.2) is 0 Å². The highest BCUT2D eigenvalue weighted by Gasteiger charge is 2.60. The molecule has 8 nitrogen and oxygen atoms in total.